The molecule has 0 radical (unpaired) electrons. The molecule has 0 spiro atoms. The molecular weight excluding hydrogens is 244 g/mol. The number of carbonyl (C=O) groups excluding carboxylic acids is 2. The van der Waals surface area contributed by atoms with E-state index in [0.717, 1.165) is 25.7 Å². The van der Waals surface area contributed by atoms with Gasteiger partial charge >= 0.3 is 0 Å². The number of nitrogens with zero attached hydrogens (tertiary/aromatic N) is 1. The Bertz CT molecular complexity index is 398. The van der Waals surface area contributed by atoms with Gasteiger partial charge in [0.1, 0.15) is 6.04 Å². The summed E-state index contributed by atoms with van der Waals surface area (Å²) < 4.78 is 0. The molecule has 1 aliphatic carbocycles. The third-order valence-electron chi connectivity index (χ3n) is 5.03. The Balaban J connectivity index is 1.64. The summed E-state index contributed by atoms with van der Waals surface area (Å²) in [5.41, 5.74) is -0.548. The van der Waals surface area contributed by atoms with E-state index in [1.165, 1.54) is 0 Å². The maximum Gasteiger partial charge on any atom is 0.245 e. The fourth-order valence-electron chi connectivity index (χ4n) is 3.79. The average molecular weight is 266 g/mol. The Morgan fingerprint density at radius 1 is 1.32 bits per heavy atom. The standard InChI is InChI=1S/C14H22N2O3/c17-12-5-4-11(15-12)13(18)16-8-7-14(19)6-2-1-3-10(14)9-16/h10-11,19H,1-9H2,(H,15,17). The van der Waals surface area contributed by atoms with E-state index in [1.54, 1.807) is 0 Å². The van der Waals surface area contributed by atoms with Crippen molar-refractivity contribution in [1.82, 2.24) is 10.2 Å². The molecule has 5 nitrogen and oxygen atoms in total. The van der Waals surface area contributed by atoms with E-state index in [2.05, 4.69) is 5.32 Å². The summed E-state index contributed by atoms with van der Waals surface area (Å²) >= 11 is 0. The van der Waals surface area contributed by atoms with Crippen LogP contribution in [0.2, 0.25) is 0 Å². The number of nitrogens with one attached hydrogen (secondary N) is 1. The molecule has 2 aliphatic heterocycles. The molecule has 2 saturated heterocycles. The Labute approximate surface area is 113 Å². The SMILES string of the molecule is O=C1CCC(C(=O)N2CCC3(O)CCCCC3C2)N1. The fraction of sp³-hybridized carbons (Fsp3) is 0.857. The van der Waals surface area contributed by atoms with E-state index in [-0.39, 0.29) is 23.8 Å². The third kappa shape index (κ3) is 2.36. The van der Waals surface area contributed by atoms with Gasteiger partial charge in [-0.15, -0.1) is 0 Å². The normalized spacial score (nSPS) is 38.8. The van der Waals surface area contributed by atoms with Crippen molar-refractivity contribution >= 4 is 11.8 Å². The third-order valence-corrected chi connectivity index (χ3v) is 5.03. The first kappa shape index (κ1) is 12.9. The highest BCUT2D eigenvalue weighted by Gasteiger charge is 2.44. The molecule has 3 unspecified atom stereocenters. The number of aliphatic hydroxyl groups is 1. The average Bonchev–Trinajstić information content (AvgIpc) is 2.83. The molecule has 0 bridgehead atoms. The van der Waals surface area contributed by atoms with Crippen molar-refractivity contribution in [2.45, 2.75) is 56.6 Å². The molecule has 2 heterocycles. The quantitative estimate of drug-likeness (QED) is 0.722. The van der Waals surface area contributed by atoms with Gasteiger partial charge in [0.25, 0.3) is 0 Å². The largest absolute Gasteiger partial charge is 0.389 e. The van der Waals surface area contributed by atoms with Crippen molar-refractivity contribution < 1.29 is 14.7 Å². The highest BCUT2D eigenvalue weighted by Crippen LogP contribution is 2.39. The molecule has 1 saturated carbocycles. The lowest BCUT2D eigenvalue weighted by Gasteiger charge is -2.47. The van der Waals surface area contributed by atoms with E-state index >= 15 is 0 Å². The van der Waals surface area contributed by atoms with Gasteiger partial charge in [-0.05, 0) is 25.7 Å². The zero-order valence-electron chi connectivity index (χ0n) is 11.2. The summed E-state index contributed by atoms with van der Waals surface area (Å²) in [4.78, 5) is 25.4. The highest BCUT2D eigenvalue weighted by atomic mass is 16.3. The van der Waals surface area contributed by atoms with Crippen LogP contribution in [0.5, 0.6) is 0 Å². The van der Waals surface area contributed by atoms with E-state index in [4.69, 9.17) is 0 Å². The summed E-state index contributed by atoms with van der Waals surface area (Å²) in [5.74, 6) is 0.235. The minimum Gasteiger partial charge on any atom is -0.389 e. The molecule has 3 atom stereocenters. The van der Waals surface area contributed by atoms with Crippen molar-refractivity contribution in [1.29, 1.82) is 0 Å². The van der Waals surface area contributed by atoms with Crippen molar-refractivity contribution in [3.05, 3.63) is 0 Å². The monoisotopic (exact) mass is 266 g/mol. The predicted octanol–water partition coefficient (Wildman–Crippen LogP) is 0.419. The summed E-state index contributed by atoms with van der Waals surface area (Å²) in [5, 5.41) is 13.3. The topological polar surface area (TPSA) is 69.6 Å². The Kier molecular flexibility index (Phi) is 3.25. The van der Waals surface area contributed by atoms with Crippen molar-refractivity contribution in [3.8, 4) is 0 Å². The molecule has 106 valence electrons. The molecule has 5 heteroatoms. The van der Waals surface area contributed by atoms with Crippen molar-refractivity contribution in [2.24, 2.45) is 5.92 Å². The van der Waals surface area contributed by atoms with Crippen LogP contribution in [0.3, 0.4) is 0 Å². The molecule has 2 amide bonds. The summed E-state index contributed by atoms with van der Waals surface area (Å²) in [6, 6.07) is -0.331. The number of piperidine rings is 1. The van der Waals surface area contributed by atoms with Crippen LogP contribution in [-0.2, 0) is 9.59 Å². The van der Waals surface area contributed by atoms with Crippen LogP contribution in [-0.4, -0.2) is 46.6 Å². The van der Waals surface area contributed by atoms with Crippen LogP contribution in [0.1, 0.15) is 44.9 Å². The van der Waals surface area contributed by atoms with Crippen LogP contribution < -0.4 is 5.32 Å². The minimum atomic E-state index is -0.548. The van der Waals surface area contributed by atoms with Crippen molar-refractivity contribution in [3.63, 3.8) is 0 Å². The molecular formula is C14H22N2O3. The summed E-state index contributed by atoms with van der Waals surface area (Å²) in [7, 11) is 0. The van der Waals surface area contributed by atoms with E-state index in [0.29, 0.717) is 32.4 Å². The molecule has 2 N–H and O–H groups in total. The first-order valence-corrected chi connectivity index (χ1v) is 7.39. The lowest BCUT2D eigenvalue weighted by molar-refractivity contribution is -0.145. The zero-order valence-corrected chi connectivity index (χ0v) is 11.2. The zero-order chi connectivity index (χ0) is 13.5. The van der Waals surface area contributed by atoms with Gasteiger partial charge in [0.05, 0.1) is 5.60 Å². The molecule has 19 heavy (non-hydrogen) atoms. The highest BCUT2D eigenvalue weighted by molar-refractivity contribution is 5.90. The second-order valence-corrected chi connectivity index (χ2v) is 6.24. The summed E-state index contributed by atoms with van der Waals surface area (Å²) in [6.07, 6.45) is 5.89. The van der Waals surface area contributed by atoms with E-state index < -0.39 is 5.60 Å². The predicted molar refractivity (Wildman–Crippen MR) is 69.3 cm³/mol. The van der Waals surface area contributed by atoms with E-state index in [1.807, 2.05) is 4.90 Å². The minimum absolute atomic E-state index is 0.0236. The van der Waals surface area contributed by atoms with Gasteiger partial charge in [-0.3, -0.25) is 9.59 Å². The number of rotatable bonds is 1. The molecule has 0 aromatic carbocycles. The van der Waals surface area contributed by atoms with E-state index in [9.17, 15) is 14.7 Å². The van der Waals surface area contributed by atoms with Gasteiger partial charge in [0.15, 0.2) is 0 Å². The first-order chi connectivity index (χ1) is 9.08. The Morgan fingerprint density at radius 2 is 2.16 bits per heavy atom. The van der Waals surface area contributed by atoms with Gasteiger partial charge in [0, 0.05) is 25.4 Å². The van der Waals surface area contributed by atoms with Gasteiger partial charge in [0.2, 0.25) is 11.8 Å². The number of amides is 2. The number of hydrogen-bond acceptors (Lipinski definition) is 3. The number of likely N-dealkylation sites (tertiary alicyclic amines) is 1. The Hall–Kier alpha value is -1.10. The van der Waals surface area contributed by atoms with Gasteiger partial charge in [-0.25, -0.2) is 0 Å². The lowest BCUT2D eigenvalue weighted by atomic mass is 9.71. The van der Waals surface area contributed by atoms with Crippen LogP contribution in [0.25, 0.3) is 0 Å². The molecule has 3 aliphatic rings. The number of fused-ring (bicyclic) bond motifs is 1. The lowest BCUT2D eigenvalue weighted by Crippen LogP contribution is -2.57. The second-order valence-electron chi connectivity index (χ2n) is 6.24. The fourth-order valence-corrected chi connectivity index (χ4v) is 3.79. The molecule has 0 aromatic rings. The maximum atomic E-state index is 12.4. The number of carbonyl (C=O) groups is 2. The van der Waals surface area contributed by atoms with Crippen LogP contribution in [0.4, 0.5) is 0 Å². The smallest absolute Gasteiger partial charge is 0.245 e. The molecule has 3 rings (SSSR count). The van der Waals surface area contributed by atoms with Crippen LogP contribution in [0.15, 0.2) is 0 Å². The maximum absolute atomic E-state index is 12.4. The van der Waals surface area contributed by atoms with Gasteiger partial charge in [-0.1, -0.05) is 12.8 Å². The number of hydrogen-bond donors (Lipinski definition) is 2. The summed E-state index contributed by atoms with van der Waals surface area (Å²) in [6.45, 7) is 1.28. The Morgan fingerprint density at radius 3 is 2.89 bits per heavy atom. The van der Waals surface area contributed by atoms with Crippen molar-refractivity contribution in [2.75, 3.05) is 13.1 Å². The molecule has 3 fully saturated rings. The molecule has 0 aromatic heterocycles. The van der Waals surface area contributed by atoms with Gasteiger partial charge < -0.3 is 15.3 Å². The second kappa shape index (κ2) is 4.78. The van der Waals surface area contributed by atoms with Crippen LogP contribution in [0, 0.1) is 5.92 Å². The van der Waals surface area contributed by atoms with Crippen LogP contribution >= 0.6 is 0 Å². The van der Waals surface area contributed by atoms with Gasteiger partial charge in [-0.2, -0.15) is 0 Å². The first-order valence-electron chi connectivity index (χ1n) is 7.39.